The van der Waals surface area contributed by atoms with Crippen molar-refractivity contribution in [1.29, 1.82) is 0 Å². The van der Waals surface area contributed by atoms with Gasteiger partial charge in [-0.2, -0.15) is 0 Å². The smallest absolute Gasteiger partial charge is 0.123 e. The normalized spacial score (nSPS) is 13.1. The van der Waals surface area contributed by atoms with Crippen LogP contribution in [-0.4, -0.2) is 130 Å². The van der Waals surface area contributed by atoms with Crippen molar-refractivity contribution in [3.05, 3.63) is 289 Å². The summed E-state index contributed by atoms with van der Waals surface area (Å²) in [5.74, 6) is -0.612. The summed E-state index contributed by atoms with van der Waals surface area (Å²) in [6.45, 7) is 53.4. The second-order valence-electron chi connectivity index (χ2n) is 40.8. The van der Waals surface area contributed by atoms with Gasteiger partial charge in [-0.25, -0.2) is 8.78 Å². The van der Waals surface area contributed by atoms with Gasteiger partial charge in [0.15, 0.2) is 0 Å². The Kier molecular flexibility index (Phi) is 54.7. The van der Waals surface area contributed by atoms with Crippen LogP contribution in [0.15, 0.2) is 213 Å². The standard InChI is InChI=1S/C19H15F2N2.C18H15N2.C17H11F2N2.C17H13N2.3C11H24O2.C8H18O2.4Ir/c1-12(2)17-11-22-18(13-3-7-15(20)8-4-13)19(23-17)14-5-9-16(21)10-6-14;1-13-3-7-15(8-4-13)17-18(20-12-11-19-17)16-9-5-14(2)6-10-16;1-11-10-20-16(12-2-6-14(18)7-3-12)17(21-11)13-4-8-15(19)9-5-13;1-13-12-18-16(14-8-4-2-5-9-14)17(19-13)15-10-6-3-7-11-15;3*1-10(2,3)8(12)7-9(13)11(4,5)6;1-6(2)4-8(10)5-7(3)9;;;;/h3,5-12H,1-2H3;3-9,11-12H,1-2H3;2,4-10H,1H3;2-8,10-12H,1H3;3*8-9,12-13H,7H2,1-6H3;6-10H,4-5H2,1-3H3;;;;/q4*-1;;;;;;;;. The van der Waals surface area contributed by atoms with E-state index in [0.717, 1.165) is 79.7 Å². The molecule has 0 fully saturated rings. The van der Waals surface area contributed by atoms with Gasteiger partial charge in [-0.05, 0) is 131 Å². The number of aryl methyl sites for hydroxylation is 4. The zero-order valence-electron chi connectivity index (χ0n) is 84.0. The Morgan fingerprint density at radius 3 is 0.912 bits per heavy atom. The van der Waals surface area contributed by atoms with Crippen molar-refractivity contribution >= 4 is 0 Å². The van der Waals surface area contributed by atoms with Gasteiger partial charge in [0.1, 0.15) is 11.6 Å². The van der Waals surface area contributed by atoms with Gasteiger partial charge in [0, 0.05) is 165 Å². The number of aliphatic hydroxyl groups is 8. The largest absolute Gasteiger partial charge is 0.393 e. The van der Waals surface area contributed by atoms with Gasteiger partial charge < -0.3 is 60.8 Å². The molecule has 4 aromatic heterocycles. The molecule has 24 heteroatoms. The molecule has 4 heterocycles. The van der Waals surface area contributed by atoms with Gasteiger partial charge in [0.2, 0.25) is 0 Å². The van der Waals surface area contributed by atoms with E-state index in [9.17, 15) is 53.3 Å². The molecule has 12 rings (SSSR count). The van der Waals surface area contributed by atoms with Crippen molar-refractivity contribution in [3.8, 4) is 90.1 Å². The van der Waals surface area contributed by atoms with Crippen LogP contribution in [0.1, 0.15) is 225 Å². The summed E-state index contributed by atoms with van der Waals surface area (Å²) >= 11 is 0. The number of halogens is 4. The van der Waals surface area contributed by atoms with Crippen molar-refractivity contribution in [3.63, 3.8) is 0 Å². The third-order valence-corrected chi connectivity index (χ3v) is 21.4. The van der Waals surface area contributed by atoms with Crippen LogP contribution < -0.4 is 0 Å². The predicted molar refractivity (Wildman–Crippen MR) is 528 cm³/mol. The van der Waals surface area contributed by atoms with Crippen LogP contribution >= 0.6 is 0 Å². The first-order valence-corrected chi connectivity index (χ1v) is 45.2. The van der Waals surface area contributed by atoms with Gasteiger partial charge >= 0.3 is 0 Å². The van der Waals surface area contributed by atoms with Crippen molar-refractivity contribution in [2.75, 3.05) is 0 Å². The predicted octanol–water partition coefficient (Wildman–Crippen LogP) is 25.1. The maximum absolute atomic E-state index is 13.2. The monoisotopic (exact) mass is 2580 g/mol. The third kappa shape index (κ3) is 44.7. The second-order valence-corrected chi connectivity index (χ2v) is 40.8. The average molecular weight is 2580 g/mol. The zero-order valence-corrected chi connectivity index (χ0v) is 93.6. The molecular weight excluding hydrogens is 2430 g/mol. The van der Waals surface area contributed by atoms with E-state index in [1.165, 1.54) is 59.7 Å². The quantitative estimate of drug-likeness (QED) is 0.0276. The van der Waals surface area contributed by atoms with E-state index >= 15 is 0 Å². The topological polar surface area (TPSA) is 265 Å². The van der Waals surface area contributed by atoms with E-state index in [1.54, 1.807) is 74.3 Å². The summed E-state index contributed by atoms with van der Waals surface area (Å²) < 4.78 is 52.4. The third-order valence-electron chi connectivity index (χ3n) is 21.4. The molecular formula is C112H144F4Ir4N8O8-4. The van der Waals surface area contributed by atoms with Crippen LogP contribution in [0.2, 0.25) is 0 Å². The Morgan fingerprint density at radius 2 is 0.588 bits per heavy atom. The maximum atomic E-state index is 13.2. The van der Waals surface area contributed by atoms with Crippen LogP contribution in [-0.2, 0) is 80.4 Å². The number of aromatic nitrogens is 8. The molecule has 8 N–H and O–H groups in total. The van der Waals surface area contributed by atoms with E-state index in [2.05, 4.69) is 134 Å². The van der Waals surface area contributed by atoms with E-state index in [0.29, 0.717) is 65.5 Å². The molecule has 0 spiro atoms. The van der Waals surface area contributed by atoms with Gasteiger partial charge in [-0.3, -0.25) is 28.7 Å². The Hall–Kier alpha value is -7.92. The molecule has 16 nitrogen and oxygen atoms in total. The maximum Gasteiger partial charge on any atom is 0.123 e. The number of hydrogen-bond donors (Lipinski definition) is 8. The van der Waals surface area contributed by atoms with Crippen molar-refractivity contribution in [2.24, 2.45) is 38.4 Å². The minimum absolute atomic E-state index is 0. The van der Waals surface area contributed by atoms with Gasteiger partial charge in [0.05, 0.1) is 88.7 Å². The van der Waals surface area contributed by atoms with E-state index in [-0.39, 0.29) is 154 Å². The molecule has 0 amide bonds. The summed E-state index contributed by atoms with van der Waals surface area (Å²) in [7, 11) is 0. The Morgan fingerprint density at radius 1 is 0.287 bits per heavy atom. The minimum Gasteiger partial charge on any atom is -0.393 e. The van der Waals surface area contributed by atoms with Crippen molar-refractivity contribution in [1.82, 2.24) is 39.9 Å². The number of benzene rings is 8. The van der Waals surface area contributed by atoms with Crippen molar-refractivity contribution in [2.45, 2.75) is 274 Å². The molecule has 748 valence electrons. The SMILES string of the molecule is CC(C)(C)C(O)CC(O)C(C)(C)C.CC(C)(C)C(O)CC(O)C(C)(C)C.CC(C)(C)C(O)CC(O)C(C)(C)C.CC(C)CC(O)CC(C)O.CC(C)c1cnc(-c2[c-]cc(F)cc2)c(-c2ccc(F)cc2)n1.Cc1c[c-]c(-c2nccnc2-c2ccc(C)cc2)cc1.Cc1cnc(-c2[c-]cc(F)cc2)c(-c2ccc(F)cc2)n1.Cc1cnc(-c2[c-]cccc2)c(-c2ccccc2)n1.[Ir].[Ir].[Ir].[Ir]. The van der Waals surface area contributed by atoms with Gasteiger partial charge in [0.25, 0.3) is 0 Å². The summed E-state index contributed by atoms with van der Waals surface area (Å²) in [4.78, 5) is 36.1. The molecule has 0 aliphatic heterocycles. The fourth-order valence-corrected chi connectivity index (χ4v) is 12.2. The summed E-state index contributed by atoms with van der Waals surface area (Å²) in [6.07, 6.45) is 7.86. The molecule has 4 radical (unpaired) electrons. The van der Waals surface area contributed by atoms with E-state index in [1.807, 2.05) is 207 Å². The molecule has 8 aromatic carbocycles. The molecule has 0 saturated carbocycles. The fourth-order valence-electron chi connectivity index (χ4n) is 12.2. The van der Waals surface area contributed by atoms with Gasteiger partial charge in [-0.15, -0.1) is 131 Å². The Labute approximate surface area is 862 Å². The van der Waals surface area contributed by atoms with Crippen LogP contribution in [0.25, 0.3) is 90.1 Å². The van der Waals surface area contributed by atoms with Crippen LogP contribution in [0.3, 0.4) is 0 Å². The second kappa shape index (κ2) is 59.0. The molecule has 0 saturated heterocycles. The first-order valence-electron chi connectivity index (χ1n) is 45.2. The van der Waals surface area contributed by atoms with E-state index < -0.39 is 36.6 Å². The average Bonchev–Trinajstić information content (AvgIpc) is 0.806. The number of nitrogens with zero attached hydrogens (tertiary/aromatic N) is 8. The Bertz CT molecular complexity index is 5150. The molecule has 12 aromatic rings. The molecule has 136 heavy (non-hydrogen) atoms. The minimum atomic E-state index is -0.443. The molecule has 8 unspecified atom stereocenters. The zero-order chi connectivity index (χ0) is 99.0. The van der Waals surface area contributed by atoms with Crippen molar-refractivity contribution < 1.29 is 139 Å². The Balaban J connectivity index is 0.000000785. The van der Waals surface area contributed by atoms with E-state index in [4.69, 9.17) is 5.11 Å². The molecule has 0 aliphatic carbocycles. The number of hydrogen-bond acceptors (Lipinski definition) is 16. The summed E-state index contributed by atoms with van der Waals surface area (Å²) in [6, 6.07) is 65.2. The van der Waals surface area contributed by atoms with Crippen LogP contribution in [0.4, 0.5) is 17.6 Å². The summed E-state index contributed by atoms with van der Waals surface area (Å²) in [5, 5.41) is 76.7. The summed E-state index contributed by atoms with van der Waals surface area (Å²) in [5.41, 5.74) is 16.9. The number of aliphatic hydroxyl groups excluding tert-OH is 8. The van der Waals surface area contributed by atoms with Crippen LogP contribution in [0.5, 0.6) is 0 Å². The first-order chi connectivity index (χ1) is 61.4. The van der Waals surface area contributed by atoms with Crippen LogP contribution in [0, 0.1) is 114 Å². The first kappa shape index (κ1) is 126. The molecule has 0 bridgehead atoms. The molecule has 0 aliphatic rings. The van der Waals surface area contributed by atoms with Gasteiger partial charge in [-0.1, -0.05) is 244 Å². The number of rotatable bonds is 19. The molecule has 8 atom stereocenters. The fraction of sp³-hybridized carbons (Fsp3) is 0.429.